The van der Waals surface area contributed by atoms with Crippen LogP contribution in [0.2, 0.25) is 0 Å². The van der Waals surface area contributed by atoms with Crippen LogP contribution in [0.1, 0.15) is 110 Å². The van der Waals surface area contributed by atoms with Crippen LogP contribution in [-0.4, -0.2) is 19.0 Å². The summed E-state index contributed by atoms with van der Waals surface area (Å²) in [5, 5.41) is 2.99. The molecule has 0 saturated carbocycles. The number of hydrogen-bond donors (Lipinski definition) is 2. The summed E-state index contributed by atoms with van der Waals surface area (Å²) >= 11 is 0. The van der Waals surface area contributed by atoms with Crippen LogP contribution in [0.25, 0.3) is 0 Å². The molecule has 0 aromatic carbocycles. The Kier molecular flexibility index (Phi) is 19.0. The second kappa shape index (κ2) is 19.5. The molecule has 138 valence electrons. The zero-order valence-electron chi connectivity index (χ0n) is 15.8. The average Bonchev–Trinajstić information content (AvgIpc) is 2.56. The maximum Gasteiger partial charge on any atom is 0.219 e. The van der Waals surface area contributed by atoms with Gasteiger partial charge in [0.1, 0.15) is 0 Å². The molecule has 0 fully saturated rings. The highest BCUT2D eigenvalue weighted by Crippen LogP contribution is 2.12. The molecule has 0 rings (SSSR count). The lowest BCUT2D eigenvalue weighted by Crippen LogP contribution is -2.50. The third-order valence-corrected chi connectivity index (χ3v) is 4.51. The molecule has 4 N–H and O–H groups in total. The normalized spacial score (nSPS) is 10.9. The number of carbonyl (C=O) groups is 1. The molecule has 23 heavy (non-hydrogen) atoms. The third kappa shape index (κ3) is 19.4. The Morgan fingerprint density at radius 2 is 1.17 bits per heavy atom. The number of amides is 1. The molecule has 0 aromatic heterocycles. The van der Waals surface area contributed by atoms with E-state index < -0.39 is 0 Å². The average molecular weight is 328 g/mol. The second-order valence-electron chi connectivity index (χ2n) is 6.90. The Morgan fingerprint density at radius 1 is 0.696 bits per heavy atom. The maximum absolute atomic E-state index is 11.6. The zero-order valence-corrected chi connectivity index (χ0v) is 15.8. The topological polar surface area (TPSA) is 56.7 Å². The predicted octanol–water partition coefficient (Wildman–Crippen LogP) is 4.61. The van der Waals surface area contributed by atoms with Crippen molar-refractivity contribution in [2.75, 3.05) is 13.1 Å². The molecular formula is C20H43N2O+. The Bertz CT molecular complexity index is 244. The molecule has 0 aliphatic rings. The Morgan fingerprint density at radius 3 is 1.65 bits per heavy atom. The van der Waals surface area contributed by atoms with Gasteiger partial charge in [0.05, 0.1) is 6.54 Å². The van der Waals surface area contributed by atoms with Crippen LogP contribution in [0.4, 0.5) is 0 Å². The summed E-state index contributed by atoms with van der Waals surface area (Å²) in [5.74, 6) is 0.233. The van der Waals surface area contributed by atoms with Gasteiger partial charge in [-0.1, -0.05) is 84.0 Å². The Balaban J connectivity index is 3.08. The fourth-order valence-electron chi connectivity index (χ4n) is 2.92. The highest BCUT2D eigenvalue weighted by atomic mass is 16.1. The lowest BCUT2D eigenvalue weighted by molar-refractivity contribution is -0.368. The molecule has 3 heteroatoms. The van der Waals surface area contributed by atoms with E-state index in [0.717, 1.165) is 32.4 Å². The number of quaternary nitrogens is 1. The molecule has 0 bridgehead atoms. The van der Waals surface area contributed by atoms with Gasteiger partial charge in [-0.05, 0) is 19.3 Å². The Hall–Kier alpha value is -0.570. The largest absolute Gasteiger partial charge is 0.358 e. The van der Waals surface area contributed by atoms with E-state index in [1.807, 2.05) is 0 Å². The number of nitrogens with one attached hydrogen (secondary N) is 1. The van der Waals surface area contributed by atoms with Crippen molar-refractivity contribution in [2.24, 2.45) is 0 Å². The van der Waals surface area contributed by atoms with Gasteiger partial charge in [0.15, 0.2) is 0 Å². The van der Waals surface area contributed by atoms with E-state index in [0.29, 0.717) is 6.42 Å². The summed E-state index contributed by atoms with van der Waals surface area (Å²) in [6.45, 7) is 4.07. The zero-order chi connectivity index (χ0) is 17.0. The molecule has 0 aromatic rings. The monoisotopic (exact) mass is 327 g/mol. The Labute approximate surface area is 145 Å². The standard InChI is InChI=1S/C20H42N2O/c1-2-3-4-5-6-7-8-9-10-11-12-13-14-17-20(23)22-19-16-15-18-21/h2-19,21H2,1H3,(H,22,23)/p+1. The minimum Gasteiger partial charge on any atom is -0.358 e. The molecule has 0 aliphatic heterocycles. The minimum absolute atomic E-state index is 0.233. The minimum atomic E-state index is 0.233. The maximum atomic E-state index is 11.6. The molecule has 0 heterocycles. The molecule has 0 aliphatic carbocycles. The number of rotatable bonds is 18. The van der Waals surface area contributed by atoms with Crippen LogP contribution >= 0.6 is 0 Å². The van der Waals surface area contributed by atoms with Crippen molar-refractivity contribution in [3.8, 4) is 0 Å². The van der Waals surface area contributed by atoms with Gasteiger partial charge in [0, 0.05) is 13.0 Å². The van der Waals surface area contributed by atoms with E-state index in [2.05, 4.69) is 18.0 Å². The highest BCUT2D eigenvalue weighted by molar-refractivity contribution is 5.75. The third-order valence-electron chi connectivity index (χ3n) is 4.51. The molecular weight excluding hydrogens is 284 g/mol. The van der Waals surface area contributed by atoms with Gasteiger partial charge in [-0.2, -0.15) is 0 Å². The molecule has 1 amide bonds. The number of carbonyl (C=O) groups excluding carboxylic acids is 1. The summed E-state index contributed by atoms with van der Waals surface area (Å²) in [6.07, 6.45) is 20.5. The number of hydrogen-bond acceptors (Lipinski definition) is 1. The molecule has 0 atom stereocenters. The van der Waals surface area contributed by atoms with Crippen LogP contribution in [0.15, 0.2) is 0 Å². The van der Waals surface area contributed by atoms with Gasteiger partial charge in [-0.15, -0.1) is 0 Å². The fourth-order valence-corrected chi connectivity index (χ4v) is 2.92. The van der Waals surface area contributed by atoms with Crippen LogP contribution in [0.5, 0.6) is 0 Å². The van der Waals surface area contributed by atoms with Gasteiger partial charge < -0.3 is 11.1 Å². The van der Waals surface area contributed by atoms with E-state index in [4.69, 9.17) is 0 Å². The molecule has 0 saturated heterocycles. The molecule has 0 spiro atoms. The quantitative estimate of drug-likeness (QED) is 0.355. The predicted molar refractivity (Wildman–Crippen MR) is 100 cm³/mol. The van der Waals surface area contributed by atoms with E-state index >= 15 is 0 Å². The van der Waals surface area contributed by atoms with Gasteiger partial charge in [0.2, 0.25) is 5.91 Å². The van der Waals surface area contributed by atoms with Crippen LogP contribution in [0, 0.1) is 0 Å². The van der Waals surface area contributed by atoms with E-state index in [9.17, 15) is 4.79 Å². The summed E-state index contributed by atoms with van der Waals surface area (Å²) in [4.78, 5) is 11.6. The van der Waals surface area contributed by atoms with Crippen molar-refractivity contribution < 1.29 is 10.5 Å². The second-order valence-corrected chi connectivity index (χ2v) is 6.90. The summed E-state index contributed by atoms with van der Waals surface area (Å²) in [7, 11) is 0. The lowest BCUT2D eigenvalue weighted by Gasteiger charge is -2.05. The van der Waals surface area contributed by atoms with Crippen molar-refractivity contribution in [3.63, 3.8) is 0 Å². The lowest BCUT2D eigenvalue weighted by atomic mass is 10.0. The van der Waals surface area contributed by atoms with Crippen LogP contribution < -0.4 is 11.1 Å². The summed E-state index contributed by atoms with van der Waals surface area (Å²) < 4.78 is 0. The molecule has 0 unspecified atom stereocenters. The summed E-state index contributed by atoms with van der Waals surface area (Å²) in [6, 6.07) is 0. The summed E-state index contributed by atoms with van der Waals surface area (Å²) in [5.41, 5.74) is 3.81. The van der Waals surface area contributed by atoms with Crippen molar-refractivity contribution in [1.82, 2.24) is 5.32 Å². The van der Waals surface area contributed by atoms with Crippen molar-refractivity contribution in [3.05, 3.63) is 0 Å². The smallest absolute Gasteiger partial charge is 0.219 e. The van der Waals surface area contributed by atoms with Gasteiger partial charge in [-0.3, -0.25) is 4.79 Å². The van der Waals surface area contributed by atoms with Crippen molar-refractivity contribution >= 4 is 5.91 Å². The fraction of sp³-hybridized carbons (Fsp3) is 0.950. The first-order chi connectivity index (χ1) is 11.3. The van der Waals surface area contributed by atoms with Gasteiger partial charge >= 0.3 is 0 Å². The van der Waals surface area contributed by atoms with Gasteiger partial charge in [-0.25, -0.2) is 0 Å². The van der Waals surface area contributed by atoms with Crippen molar-refractivity contribution in [1.29, 1.82) is 0 Å². The van der Waals surface area contributed by atoms with Gasteiger partial charge in [0.25, 0.3) is 0 Å². The van der Waals surface area contributed by atoms with Crippen LogP contribution in [-0.2, 0) is 4.79 Å². The van der Waals surface area contributed by atoms with Crippen molar-refractivity contribution in [2.45, 2.75) is 110 Å². The first-order valence-electron chi connectivity index (χ1n) is 10.4. The SMILES string of the molecule is CCCCCCCCCCCCCCCC(=O)NCCCC[NH3+]. The van der Waals surface area contributed by atoms with E-state index in [1.54, 1.807) is 0 Å². The molecule has 0 radical (unpaired) electrons. The molecule has 3 nitrogen and oxygen atoms in total. The highest BCUT2D eigenvalue weighted by Gasteiger charge is 2.00. The number of unbranched alkanes of at least 4 members (excludes halogenated alkanes) is 13. The first-order valence-corrected chi connectivity index (χ1v) is 10.4. The van der Waals surface area contributed by atoms with E-state index in [1.165, 1.54) is 77.0 Å². The van der Waals surface area contributed by atoms with E-state index in [-0.39, 0.29) is 5.91 Å². The van der Waals surface area contributed by atoms with Crippen LogP contribution in [0.3, 0.4) is 0 Å². The first kappa shape index (κ1) is 22.4.